The minimum atomic E-state index is -0.770. The van der Waals surface area contributed by atoms with Gasteiger partial charge in [-0.25, -0.2) is 0 Å². The lowest BCUT2D eigenvalue weighted by Crippen LogP contribution is -2.22. The number of nitrogens with one attached hydrogen (secondary N) is 1. The van der Waals surface area contributed by atoms with Gasteiger partial charge in [0.2, 0.25) is 0 Å². The monoisotopic (exact) mass is 197 g/mol. The summed E-state index contributed by atoms with van der Waals surface area (Å²) in [5.74, 6) is 0. The molecule has 78 valence electrons. The standard InChI is InChI=1S/C9H15N3O2/c10-8-2-1-6(3-9(8)11)12-4-7(14)5-13/h1-3,7,12-14H,4-5,10-11H2. The smallest absolute Gasteiger partial charge is 0.0942 e. The second kappa shape index (κ2) is 4.69. The molecule has 1 rings (SSSR count). The largest absolute Gasteiger partial charge is 0.397 e. The molecule has 0 amide bonds. The number of hydrogen-bond acceptors (Lipinski definition) is 5. The summed E-state index contributed by atoms with van der Waals surface area (Å²) in [6, 6.07) is 5.12. The van der Waals surface area contributed by atoms with Crippen LogP contribution in [0, 0.1) is 0 Å². The molecule has 0 aliphatic heterocycles. The first-order valence-corrected chi connectivity index (χ1v) is 4.31. The maximum absolute atomic E-state index is 9.07. The summed E-state index contributed by atoms with van der Waals surface area (Å²) in [6.45, 7) is 0.0112. The number of hydrogen-bond donors (Lipinski definition) is 5. The van der Waals surface area contributed by atoms with Gasteiger partial charge in [-0.1, -0.05) is 0 Å². The van der Waals surface area contributed by atoms with Crippen molar-refractivity contribution < 1.29 is 10.2 Å². The summed E-state index contributed by atoms with van der Waals surface area (Å²) in [5.41, 5.74) is 12.9. The Balaban J connectivity index is 2.55. The van der Waals surface area contributed by atoms with Crippen LogP contribution in [-0.2, 0) is 0 Å². The molecule has 0 saturated carbocycles. The van der Waals surface area contributed by atoms with Crippen molar-refractivity contribution in [3.8, 4) is 0 Å². The number of aliphatic hydroxyl groups is 2. The van der Waals surface area contributed by atoms with Crippen molar-refractivity contribution in [2.75, 3.05) is 29.9 Å². The number of benzene rings is 1. The zero-order valence-electron chi connectivity index (χ0n) is 7.77. The zero-order chi connectivity index (χ0) is 10.6. The van der Waals surface area contributed by atoms with E-state index in [0.717, 1.165) is 5.69 Å². The third kappa shape index (κ3) is 2.79. The Hall–Kier alpha value is -1.46. The third-order valence-corrected chi connectivity index (χ3v) is 1.84. The highest BCUT2D eigenvalue weighted by Gasteiger charge is 2.02. The second-order valence-electron chi connectivity index (χ2n) is 3.06. The van der Waals surface area contributed by atoms with Gasteiger partial charge < -0.3 is 27.0 Å². The molecular formula is C9H15N3O2. The highest BCUT2D eigenvalue weighted by Crippen LogP contribution is 2.19. The van der Waals surface area contributed by atoms with E-state index in [-0.39, 0.29) is 13.2 Å². The Kier molecular flexibility index (Phi) is 3.55. The van der Waals surface area contributed by atoms with Gasteiger partial charge in [-0.2, -0.15) is 0 Å². The SMILES string of the molecule is Nc1ccc(NCC(O)CO)cc1N. The van der Waals surface area contributed by atoms with Gasteiger partial charge in [-0.05, 0) is 18.2 Å². The molecule has 14 heavy (non-hydrogen) atoms. The highest BCUT2D eigenvalue weighted by molar-refractivity contribution is 5.69. The quantitative estimate of drug-likeness (QED) is 0.423. The molecule has 0 heterocycles. The molecule has 1 aromatic carbocycles. The molecule has 1 aromatic rings. The summed E-state index contributed by atoms with van der Waals surface area (Å²) in [7, 11) is 0. The number of anilines is 3. The molecule has 0 aromatic heterocycles. The van der Waals surface area contributed by atoms with Crippen molar-refractivity contribution >= 4 is 17.1 Å². The number of nitrogen functional groups attached to an aromatic ring is 2. The van der Waals surface area contributed by atoms with E-state index < -0.39 is 6.10 Å². The van der Waals surface area contributed by atoms with Gasteiger partial charge in [0.1, 0.15) is 0 Å². The van der Waals surface area contributed by atoms with Crippen molar-refractivity contribution in [1.29, 1.82) is 0 Å². The molecule has 5 nitrogen and oxygen atoms in total. The lowest BCUT2D eigenvalue weighted by Gasteiger charge is -2.11. The van der Waals surface area contributed by atoms with Crippen molar-refractivity contribution in [2.45, 2.75) is 6.10 Å². The van der Waals surface area contributed by atoms with Crippen LogP contribution in [0.15, 0.2) is 18.2 Å². The van der Waals surface area contributed by atoms with Crippen LogP contribution < -0.4 is 16.8 Å². The molecule has 0 spiro atoms. The van der Waals surface area contributed by atoms with Crippen LogP contribution in [0.3, 0.4) is 0 Å². The molecule has 0 aliphatic carbocycles. The van der Waals surface area contributed by atoms with Gasteiger partial charge in [0, 0.05) is 12.2 Å². The average Bonchev–Trinajstić information content (AvgIpc) is 2.19. The van der Waals surface area contributed by atoms with Crippen LogP contribution in [0.25, 0.3) is 0 Å². The van der Waals surface area contributed by atoms with Crippen LogP contribution in [0.4, 0.5) is 17.1 Å². The van der Waals surface area contributed by atoms with Crippen LogP contribution >= 0.6 is 0 Å². The van der Waals surface area contributed by atoms with Crippen molar-refractivity contribution in [1.82, 2.24) is 0 Å². The summed E-state index contributed by atoms with van der Waals surface area (Å²) in [4.78, 5) is 0. The van der Waals surface area contributed by atoms with Crippen molar-refractivity contribution in [3.05, 3.63) is 18.2 Å². The molecule has 0 fully saturated rings. The van der Waals surface area contributed by atoms with E-state index in [2.05, 4.69) is 5.32 Å². The molecule has 0 saturated heterocycles. The molecule has 1 unspecified atom stereocenters. The lowest BCUT2D eigenvalue weighted by molar-refractivity contribution is 0.105. The molecule has 0 aliphatic rings. The van der Waals surface area contributed by atoms with Crippen LogP contribution in [0.1, 0.15) is 0 Å². The fraction of sp³-hybridized carbons (Fsp3) is 0.333. The Labute approximate surface area is 82.3 Å². The second-order valence-corrected chi connectivity index (χ2v) is 3.06. The molecule has 1 atom stereocenters. The maximum Gasteiger partial charge on any atom is 0.0942 e. The minimum absolute atomic E-state index is 0.266. The highest BCUT2D eigenvalue weighted by atomic mass is 16.3. The molecule has 5 heteroatoms. The Bertz CT molecular complexity index is 304. The lowest BCUT2D eigenvalue weighted by atomic mass is 10.2. The fourth-order valence-corrected chi connectivity index (χ4v) is 0.985. The topological polar surface area (TPSA) is 105 Å². The molecule has 0 bridgehead atoms. The Morgan fingerprint density at radius 2 is 2.00 bits per heavy atom. The molecular weight excluding hydrogens is 182 g/mol. The first-order chi connectivity index (χ1) is 6.63. The first kappa shape index (κ1) is 10.6. The van der Waals surface area contributed by atoms with Gasteiger partial charge in [0.25, 0.3) is 0 Å². The van der Waals surface area contributed by atoms with Gasteiger partial charge >= 0.3 is 0 Å². The number of aliphatic hydroxyl groups excluding tert-OH is 2. The first-order valence-electron chi connectivity index (χ1n) is 4.31. The van der Waals surface area contributed by atoms with E-state index in [9.17, 15) is 0 Å². The predicted octanol–water partition coefficient (Wildman–Crippen LogP) is -0.384. The van der Waals surface area contributed by atoms with Gasteiger partial charge in [0.05, 0.1) is 24.1 Å². The van der Waals surface area contributed by atoms with E-state index in [0.29, 0.717) is 11.4 Å². The predicted molar refractivity (Wildman–Crippen MR) is 56.8 cm³/mol. The van der Waals surface area contributed by atoms with Crippen molar-refractivity contribution in [2.24, 2.45) is 0 Å². The van der Waals surface area contributed by atoms with Gasteiger partial charge in [-0.15, -0.1) is 0 Å². The zero-order valence-corrected chi connectivity index (χ0v) is 7.77. The van der Waals surface area contributed by atoms with Crippen LogP contribution in [0.5, 0.6) is 0 Å². The number of rotatable bonds is 4. The Morgan fingerprint density at radius 1 is 1.29 bits per heavy atom. The van der Waals surface area contributed by atoms with Gasteiger partial charge in [-0.3, -0.25) is 0 Å². The summed E-state index contributed by atoms with van der Waals surface area (Å²) < 4.78 is 0. The van der Waals surface area contributed by atoms with Gasteiger partial charge in [0.15, 0.2) is 0 Å². The summed E-state index contributed by atoms with van der Waals surface area (Å²) in [5, 5.41) is 20.6. The molecule has 0 radical (unpaired) electrons. The third-order valence-electron chi connectivity index (χ3n) is 1.84. The Morgan fingerprint density at radius 3 is 2.57 bits per heavy atom. The minimum Gasteiger partial charge on any atom is -0.397 e. The van der Waals surface area contributed by atoms with E-state index in [1.807, 2.05) is 0 Å². The van der Waals surface area contributed by atoms with E-state index in [4.69, 9.17) is 21.7 Å². The van der Waals surface area contributed by atoms with E-state index in [1.54, 1.807) is 18.2 Å². The van der Waals surface area contributed by atoms with E-state index in [1.165, 1.54) is 0 Å². The number of nitrogens with two attached hydrogens (primary N) is 2. The van der Waals surface area contributed by atoms with E-state index >= 15 is 0 Å². The molecule has 7 N–H and O–H groups in total. The van der Waals surface area contributed by atoms with Crippen molar-refractivity contribution in [3.63, 3.8) is 0 Å². The maximum atomic E-state index is 9.07. The summed E-state index contributed by atoms with van der Waals surface area (Å²) >= 11 is 0. The fourth-order valence-electron chi connectivity index (χ4n) is 0.985. The average molecular weight is 197 g/mol. The van der Waals surface area contributed by atoms with Crippen LogP contribution in [-0.4, -0.2) is 29.5 Å². The van der Waals surface area contributed by atoms with Crippen LogP contribution in [0.2, 0.25) is 0 Å². The summed E-state index contributed by atoms with van der Waals surface area (Å²) in [6.07, 6.45) is -0.770. The normalized spacial score (nSPS) is 12.4.